The van der Waals surface area contributed by atoms with E-state index >= 15 is 0 Å². The number of hydrogen-bond acceptors (Lipinski definition) is 2. The van der Waals surface area contributed by atoms with E-state index in [4.69, 9.17) is 0 Å². The van der Waals surface area contributed by atoms with Crippen LogP contribution in [0.25, 0.3) is 0 Å². The van der Waals surface area contributed by atoms with Gasteiger partial charge in [0.25, 0.3) is 0 Å². The molecule has 2 fully saturated rings. The fourth-order valence-electron chi connectivity index (χ4n) is 3.89. The minimum atomic E-state index is -0.0464. The highest BCUT2D eigenvalue weighted by Crippen LogP contribution is 2.28. The zero-order valence-corrected chi connectivity index (χ0v) is 12.0. The van der Waals surface area contributed by atoms with E-state index in [0.717, 1.165) is 24.8 Å². The van der Waals surface area contributed by atoms with Crippen molar-refractivity contribution in [3.63, 3.8) is 0 Å². The Hall–Kier alpha value is -0.0800. The van der Waals surface area contributed by atoms with E-state index in [2.05, 4.69) is 12.2 Å². The van der Waals surface area contributed by atoms with Crippen molar-refractivity contribution in [2.45, 2.75) is 95.7 Å². The summed E-state index contributed by atoms with van der Waals surface area (Å²) in [5.74, 6) is 0.985. The zero-order chi connectivity index (χ0) is 12.8. The Bertz CT molecular complexity index is 231. The summed E-state index contributed by atoms with van der Waals surface area (Å²) in [7, 11) is 0. The second kappa shape index (κ2) is 7.49. The quantitative estimate of drug-likeness (QED) is 0.750. The molecule has 0 saturated heterocycles. The topological polar surface area (TPSA) is 32.3 Å². The van der Waals surface area contributed by atoms with Crippen LogP contribution in [0.1, 0.15) is 77.6 Å². The predicted octanol–water partition coefficient (Wildman–Crippen LogP) is 3.63. The second-order valence-corrected chi connectivity index (χ2v) is 6.54. The predicted molar refractivity (Wildman–Crippen MR) is 76.7 cm³/mol. The van der Waals surface area contributed by atoms with Crippen LogP contribution in [0, 0.1) is 5.92 Å². The van der Waals surface area contributed by atoms with E-state index in [0.29, 0.717) is 6.04 Å². The Morgan fingerprint density at radius 1 is 0.944 bits per heavy atom. The summed E-state index contributed by atoms with van der Waals surface area (Å²) in [6.07, 6.45) is 14.2. The van der Waals surface area contributed by atoms with Crippen molar-refractivity contribution in [2.75, 3.05) is 0 Å². The van der Waals surface area contributed by atoms with E-state index in [9.17, 15) is 5.11 Å². The van der Waals surface area contributed by atoms with Gasteiger partial charge in [-0.05, 0) is 50.9 Å². The van der Waals surface area contributed by atoms with Gasteiger partial charge in [-0.2, -0.15) is 0 Å². The fraction of sp³-hybridized carbons (Fsp3) is 1.00. The molecule has 0 aromatic heterocycles. The summed E-state index contributed by atoms with van der Waals surface area (Å²) in [5, 5.41) is 13.6. The lowest BCUT2D eigenvalue weighted by Crippen LogP contribution is -2.42. The summed E-state index contributed by atoms with van der Waals surface area (Å²) < 4.78 is 0. The maximum absolute atomic E-state index is 9.74. The molecule has 2 aliphatic carbocycles. The van der Waals surface area contributed by atoms with Gasteiger partial charge < -0.3 is 10.4 Å². The normalized spacial score (nSPS) is 38.3. The molecule has 106 valence electrons. The smallest absolute Gasteiger partial charge is 0.0555 e. The Balaban J connectivity index is 1.72. The van der Waals surface area contributed by atoms with Crippen molar-refractivity contribution >= 4 is 0 Å². The van der Waals surface area contributed by atoms with Gasteiger partial charge in [-0.1, -0.05) is 32.6 Å². The number of aliphatic hydroxyl groups excluding tert-OH is 1. The minimum absolute atomic E-state index is 0.0464. The van der Waals surface area contributed by atoms with Gasteiger partial charge in [0, 0.05) is 12.1 Å². The van der Waals surface area contributed by atoms with Gasteiger partial charge in [-0.25, -0.2) is 0 Å². The van der Waals surface area contributed by atoms with Crippen molar-refractivity contribution < 1.29 is 5.11 Å². The molecule has 18 heavy (non-hydrogen) atoms. The van der Waals surface area contributed by atoms with Crippen molar-refractivity contribution in [3.05, 3.63) is 0 Å². The molecule has 0 radical (unpaired) electrons. The van der Waals surface area contributed by atoms with Crippen LogP contribution in [0.2, 0.25) is 0 Å². The first-order chi connectivity index (χ1) is 8.78. The molecule has 2 aliphatic rings. The Morgan fingerprint density at radius 3 is 2.50 bits per heavy atom. The molecule has 0 aromatic carbocycles. The lowest BCUT2D eigenvalue weighted by atomic mass is 9.91. The largest absolute Gasteiger partial charge is 0.393 e. The first-order valence-corrected chi connectivity index (χ1v) is 8.22. The van der Waals surface area contributed by atoms with E-state index in [1.807, 2.05) is 0 Å². The molecule has 2 N–H and O–H groups in total. The molecule has 2 heteroatoms. The molecular weight excluding hydrogens is 222 g/mol. The van der Waals surface area contributed by atoms with Crippen LogP contribution in [0.4, 0.5) is 0 Å². The number of nitrogens with one attached hydrogen (secondary N) is 1. The summed E-state index contributed by atoms with van der Waals surface area (Å²) in [6.45, 7) is 2.31. The molecule has 4 atom stereocenters. The van der Waals surface area contributed by atoms with Gasteiger partial charge in [0.2, 0.25) is 0 Å². The average Bonchev–Trinajstić information content (AvgIpc) is 2.56. The monoisotopic (exact) mass is 253 g/mol. The average molecular weight is 253 g/mol. The van der Waals surface area contributed by atoms with Crippen LogP contribution in [0.3, 0.4) is 0 Å². The Labute approximate surface area is 113 Å². The van der Waals surface area contributed by atoms with Gasteiger partial charge in [-0.3, -0.25) is 0 Å². The van der Waals surface area contributed by atoms with E-state index < -0.39 is 0 Å². The maximum atomic E-state index is 9.74. The lowest BCUT2D eigenvalue weighted by molar-refractivity contribution is 0.107. The van der Waals surface area contributed by atoms with Crippen LogP contribution < -0.4 is 5.32 Å². The van der Waals surface area contributed by atoms with Crippen LogP contribution in [0.5, 0.6) is 0 Å². The van der Waals surface area contributed by atoms with E-state index in [1.165, 1.54) is 57.8 Å². The van der Waals surface area contributed by atoms with Gasteiger partial charge in [0.05, 0.1) is 6.10 Å². The zero-order valence-electron chi connectivity index (χ0n) is 12.0. The van der Waals surface area contributed by atoms with Crippen molar-refractivity contribution in [1.29, 1.82) is 0 Å². The highest BCUT2D eigenvalue weighted by atomic mass is 16.3. The third-order valence-corrected chi connectivity index (χ3v) is 4.90. The highest BCUT2D eigenvalue weighted by Gasteiger charge is 2.24. The molecule has 4 unspecified atom stereocenters. The standard InChI is InChI=1S/C16H31NO/c1-2-5-13-6-3-7-14(11-10-13)17-15-8-4-9-16(18)12-15/h13-18H,2-12H2,1H3. The molecule has 2 saturated carbocycles. The SMILES string of the molecule is CCCC1CCCC(NC2CCCC(O)C2)CC1. The number of rotatable bonds is 4. The third kappa shape index (κ3) is 4.55. The summed E-state index contributed by atoms with van der Waals surface area (Å²) >= 11 is 0. The number of hydrogen-bond donors (Lipinski definition) is 2. The summed E-state index contributed by atoms with van der Waals surface area (Å²) in [6, 6.07) is 1.31. The lowest BCUT2D eigenvalue weighted by Gasteiger charge is -2.30. The van der Waals surface area contributed by atoms with Crippen molar-refractivity contribution in [1.82, 2.24) is 5.32 Å². The van der Waals surface area contributed by atoms with Crippen LogP contribution >= 0.6 is 0 Å². The van der Waals surface area contributed by atoms with E-state index in [-0.39, 0.29) is 6.10 Å². The van der Waals surface area contributed by atoms with Gasteiger partial charge in [-0.15, -0.1) is 0 Å². The van der Waals surface area contributed by atoms with Gasteiger partial charge in [0.15, 0.2) is 0 Å². The molecule has 0 aliphatic heterocycles. The summed E-state index contributed by atoms with van der Waals surface area (Å²) in [5.41, 5.74) is 0. The number of aliphatic hydroxyl groups is 1. The molecule has 0 aromatic rings. The molecular formula is C16H31NO. The van der Waals surface area contributed by atoms with Crippen LogP contribution in [-0.2, 0) is 0 Å². The Morgan fingerprint density at radius 2 is 1.72 bits per heavy atom. The third-order valence-electron chi connectivity index (χ3n) is 4.90. The van der Waals surface area contributed by atoms with Crippen molar-refractivity contribution in [2.24, 2.45) is 5.92 Å². The van der Waals surface area contributed by atoms with Gasteiger partial charge >= 0.3 is 0 Å². The van der Waals surface area contributed by atoms with E-state index in [1.54, 1.807) is 0 Å². The van der Waals surface area contributed by atoms with Gasteiger partial charge in [0.1, 0.15) is 0 Å². The summed E-state index contributed by atoms with van der Waals surface area (Å²) in [4.78, 5) is 0. The fourth-order valence-corrected chi connectivity index (χ4v) is 3.89. The Kier molecular flexibility index (Phi) is 5.97. The minimum Gasteiger partial charge on any atom is -0.393 e. The molecule has 0 bridgehead atoms. The van der Waals surface area contributed by atoms with Crippen LogP contribution in [0.15, 0.2) is 0 Å². The first-order valence-electron chi connectivity index (χ1n) is 8.22. The molecule has 2 rings (SSSR count). The van der Waals surface area contributed by atoms with Crippen LogP contribution in [-0.4, -0.2) is 23.3 Å². The molecule has 0 amide bonds. The highest BCUT2D eigenvalue weighted by molar-refractivity contribution is 4.83. The second-order valence-electron chi connectivity index (χ2n) is 6.54. The first kappa shape index (κ1) is 14.3. The molecule has 2 nitrogen and oxygen atoms in total. The van der Waals surface area contributed by atoms with Crippen molar-refractivity contribution in [3.8, 4) is 0 Å². The molecule has 0 spiro atoms. The maximum Gasteiger partial charge on any atom is 0.0555 e. The molecule has 0 heterocycles.